The van der Waals surface area contributed by atoms with Crippen LogP contribution in [0.4, 0.5) is 0 Å². The molecule has 0 radical (unpaired) electrons. The molecule has 0 saturated heterocycles. The fourth-order valence-electron chi connectivity index (χ4n) is 3.62. The first-order valence-corrected chi connectivity index (χ1v) is 8.70. The number of nitrogens with two attached hydrogens (primary N) is 2. The Hall–Kier alpha value is -1.99. The van der Waals surface area contributed by atoms with Crippen molar-refractivity contribution in [1.82, 2.24) is 4.98 Å². The summed E-state index contributed by atoms with van der Waals surface area (Å²) in [6.45, 7) is 0. The van der Waals surface area contributed by atoms with Gasteiger partial charge in [0.05, 0.1) is 17.6 Å². The minimum Gasteiger partial charge on any atom is -0.393 e. The van der Waals surface area contributed by atoms with Crippen molar-refractivity contribution in [3.63, 3.8) is 0 Å². The van der Waals surface area contributed by atoms with E-state index in [1.54, 1.807) is 12.4 Å². The second kappa shape index (κ2) is 8.40. The third-order valence-electron chi connectivity index (χ3n) is 5.24. The number of hydrogen-bond donors (Lipinski definition) is 4. The minimum atomic E-state index is -1.28. The number of aromatic nitrogens is 1. The van der Waals surface area contributed by atoms with Crippen LogP contribution in [0.25, 0.3) is 0 Å². The fraction of sp³-hybridized carbons (Fsp3) is 0.611. The Balaban J connectivity index is 1.93. The van der Waals surface area contributed by atoms with Crippen LogP contribution in [0.2, 0.25) is 0 Å². The van der Waals surface area contributed by atoms with E-state index in [0.717, 1.165) is 5.56 Å². The van der Waals surface area contributed by atoms with E-state index in [-0.39, 0.29) is 31.1 Å². The molecule has 2 unspecified atom stereocenters. The zero-order valence-corrected chi connectivity index (χ0v) is 14.3. The van der Waals surface area contributed by atoms with Crippen LogP contribution in [0.5, 0.6) is 0 Å². The topological polar surface area (TPSA) is 140 Å². The summed E-state index contributed by atoms with van der Waals surface area (Å²) in [7, 11) is 0. The van der Waals surface area contributed by atoms with Crippen molar-refractivity contribution in [1.29, 1.82) is 0 Å². The van der Waals surface area contributed by atoms with Crippen molar-refractivity contribution in [2.24, 2.45) is 23.3 Å². The monoisotopic (exact) mass is 349 g/mol. The smallest absolute Gasteiger partial charge is 0.223 e. The van der Waals surface area contributed by atoms with E-state index in [4.69, 9.17) is 11.5 Å². The van der Waals surface area contributed by atoms with Gasteiger partial charge in [-0.05, 0) is 56.6 Å². The molecular weight excluding hydrogens is 322 g/mol. The summed E-state index contributed by atoms with van der Waals surface area (Å²) in [6, 6.07) is 3.75. The SMILES string of the molecule is NC(=O)C1CCC(O)(C(CC(O)CCc2cccnc2)C(N)=O)CC1. The van der Waals surface area contributed by atoms with E-state index < -0.39 is 23.5 Å². The highest BCUT2D eigenvalue weighted by Gasteiger charge is 2.44. The average Bonchev–Trinajstić information content (AvgIpc) is 2.58. The lowest BCUT2D eigenvalue weighted by atomic mass is 9.70. The molecule has 0 aliphatic heterocycles. The molecular formula is C18H27N3O4. The number of primary amides is 2. The van der Waals surface area contributed by atoms with Crippen molar-refractivity contribution in [2.45, 2.75) is 56.7 Å². The minimum absolute atomic E-state index is 0.104. The molecule has 1 fully saturated rings. The van der Waals surface area contributed by atoms with Crippen LogP contribution >= 0.6 is 0 Å². The molecule has 138 valence electrons. The Kier molecular flexibility index (Phi) is 6.50. The number of nitrogens with zero attached hydrogens (tertiary/aromatic N) is 1. The largest absolute Gasteiger partial charge is 0.393 e. The Morgan fingerprint density at radius 3 is 2.52 bits per heavy atom. The molecule has 1 aromatic rings. The Morgan fingerprint density at radius 2 is 2.00 bits per heavy atom. The number of pyridine rings is 1. The quantitative estimate of drug-likeness (QED) is 0.533. The van der Waals surface area contributed by atoms with Gasteiger partial charge in [-0.3, -0.25) is 14.6 Å². The van der Waals surface area contributed by atoms with Gasteiger partial charge in [0.1, 0.15) is 0 Å². The van der Waals surface area contributed by atoms with E-state index in [1.165, 1.54) is 0 Å². The van der Waals surface area contributed by atoms with Crippen molar-refractivity contribution in [2.75, 3.05) is 0 Å². The third-order valence-corrected chi connectivity index (χ3v) is 5.24. The maximum Gasteiger partial charge on any atom is 0.223 e. The van der Waals surface area contributed by atoms with Crippen LogP contribution in [0.1, 0.15) is 44.1 Å². The van der Waals surface area contributed by atoms with E-state index >= 15 is 0 Å². The zero-order valence-electron chi connectivity index (χ0n) is 14.3. The molecule has 2 amide bonds. The van der Waals surface area contributed by atoms with Gasteiger partial charge in [0, 0.05) is 18.3 Å². The van der Waals surface area contributed by atoms with Gasteiger partial charge in [-0.25, -0.2) is 0 Å². The zero-order chi connectivity index (χ0) is 18.4. The van der Waals surface area contributed by atoms with E-state index in [0.29, 0.717) is 25.7 Å². The van der Waals surface area contributed by atoms with Crippen molar-refractivity contribution < 1.29 is 19.8 Å². The van der Waals surface area contributed by atoms with Gasteiger partial charge in [-0.1, -0.05) is 6.07 Å². The summed E-state index contributed by atoms with van der Waals surface area (Å²) < 4.78 is 0. The van der Waals surface area contributed by atoms with E-state index in [2.05, 4.69) is 4.98 Å². The van der Waals surface area contributed by atoms with Crippen LogP contribution in [0.3, 0.4) is 0 Å². The van der Waals surface area contributed by atoms with E-state index in [1.807, 2.05) is 12.1 Å². The fourth-order valence-corrected chi connectivity index (χ4v) is 3.62. The van der Waals surface area contributed by atoms with Crippen LogP contribution in [-0.4, -0.2) is 38.7 Å². The van der Waals surface area contributed by atoms with Gasteiger partial charge in [-0.15, -0.1) is 0 Å². The van der Waals surface area contributed by atoms with Crippen molar-refractivity contribution in [3.05, 3.63) is 30.1 Å². The second-order valence-electron chi connectivity index (χ2n) is 7.02. The molecule has 2 atom stereocenters. The number of aliphatic hydroxyl groups is 2. The molecule has 1 aliphatic rings. The molecule has 25 heavy (non-hydrogen) atoms. The lowest BCUT2D eigenvalue weighted by Crippen LogP contribution is -2.49. The van der Waals surface area contributed by atoms with Crippen molar-refractivity contribution in [3.8, 4) is 0 Å². The summed E-state index contributed by atoms with van der Waals surface area (Å²) in [6.07, 6.45) is 5.27. The normalized spacial score (nSPS) is 25.9. The van der Waals surface area contributed by atoms with Gasteiger partial charge in [0.25, 0.3) is 0 Å². The van der Waals surface area contributed by atoms with Crippen molar-refractivity contribution >= 4 is 11.8 Å². The molecule has 2 rings (SSSR count). The number of aryl methyl sites for hydroxylation is 1. The summed E-state index contributed by atoms with van der Waals surface area (Å²) in [5, 5.41) is 21.2. The van der Waals surface area contributed by atoms with Crippen LogP contribution in [0.15, 0.2) is 24.5 Å². The standard InChI is InChI=1S/C18H27N3O4/c19-16(23)13-5-7-18(25,8-6-13)15(17(20)24)10-14(22)4-3-12-2-1-9-21-11-12/h1-2,9,11,13-15,22,25H,3-8,10H2,(H2,19,23)(H2,20,24). The highest BCUT2D eigenvalue weighted by Crippen LogP contribution is 2.39. The summed E-state index contributed by atoms with van der Waals surface area (Å²) >= 11 is 0. The molecule has 6 N–H and O–H groups in total. The number of hydrogen-bond acceptors (Lipinski definition) is 5. The molecule has 1 heterocycles. The van der Waals surface area contributed by atoms with Crippen LogP contribution in [-0.2, 0) is 16.0 Å². The van der Waals surface area contributed by atoms with Gasteiger partial charge >= 0.3 is 0 Å². The molecule has 1 saturated carbocycles. The molecule has 1 aromatic heterocycles. The average molecular weight is 349 g/mol. The second-order valence-corrected chi connectivity index (χ2v) is 7.02. The molecule has 7 nitrogen and oxygen atoms in total. The Morgan fingerprint density at radius 1 is 1.32 bits per heavy atom. The summed E-state index contributed by atoms with van der Waals surface area (Å²) in [5.41, 5.74) is 10.5. The van der Waals surface area contributed by atoms with Gasteiger partial charge in [0.2, 0.25) is 11.8 Å². The predicted molar refractivity (Wildman–Crippen MR) is 92.0 cm³/mol. The Labute approximate surface area is 147 Å². The molecule has 1 aliphatic carbocycles. The molecule has 7 heteroatoms. The summed E-state index contributed by atoms with van der Waals surface area (Å²) in [5.74, 6) is -2.12. The maximum atomic E-state index is 11.9. The number of carbonyl (C=O) groups is 2. The highest BCUT2D eigenvalue weighted by molar-refractivity contribution is 5.79. The lowest BCUT2D eigenvalue weighted by molar-refractivity contribution is -0.140. The summed E-state index contributed by atoms with van der Waals surface area (Å²) in [4.78, 5) is 27.2. The van der Waals surface area contributed by atoms with Gasteiger partial charge in [0.15, 0.2) is 0 Å². The van der Waals surface area contributed by atoms with Crippen LogP contribution < -0.4 is 11.5 Å². The van der Waals surface area contributed by atoms with Gasteiger partial charge in [-0.2, -0.15) is 0 Å². The number of rotatable bonds is 8. The lowest BCUT2D eigenvalue weighted by Gasteiger charge is -2.40. The first kappa shape index (κ1) is 19.3. The Bertz CT molecular complexity index is 585. The van der Waals surface area contributed by atoms with E-state index in [9.17, 15) is 19.8 Å². The van der Waals surface area contributed by atoms with Crippen LogP contribution in [0, 0.1) is 11.8 Å². The molecule has 0 aromatic carbocycles. The first-order valence-electron chi connectivity index (χ1n) is 8.70. The maximum absolute atomic E-state index is 11.9. The molecule has 0 spiro atoms. The third kappa shape index (κ3) is 5.24. The first-order chi connectivity index (χ1) is 11.8. The highest BCUT2D eigenvalue weighted by atomic mass is 16.3. The molecule has 0 bridgehead atoms. The van der Waals surface area contributed by atoms with Gasteiger partial charge < -0.3 is 21.7 Å². The number of aliphatic hydroxyl groups excluding tert-OH is 1. The number of amides is 2. The number of carbonyl (C=O) groups excluding carboxylic acids is 2. The predicted octanol–water partition coefficient (Wildman–Crippen LogP) is 0.273.